The van der Waals surface area contributed by atoms with Gasteiger partial charge in [0.1, 0.15) is 0 Å². The van der Waals surface area contributed by atoms with Gasteiger partial charge in [-0.15, -0.1) is 11.3 Å². The highest BCUT2D eigenvalue weighted by Gasteiger charge is 2.14. The molecule has 118 valence electrons. The zero-order valence-electron chi connectivity index (χ0n) is 11.4. The first-order chi connectivity index (χ1) is 10.3. The molecule has 0 aliphatic rings. The summed E-state index contributed by atoms with van der Waals surface area (Å²) in [5, 5.41) is 2.72. The first-order valence-corrected chi connectivity index (χ1v) is 10.1. The van der Waals surface area contributed by atoms with E-state index >= 15 is 0 Å². The van der Waals surface area contributed by atoms with E-state index in [4.69, 9.17) is 0 Å². The van der Waals surface area contributed by atoms with Crippen molar-refractivity contribution in [3.8, 4) is 0 Å². The maximum absolute atomic E-state index is 12.1. The molecule has 0 saturated heterocycles. The van der Waals surface area contributed by atoms with E-state index in [2.05, 4.69) is 41.9 Å². The van der Waals surface area contributed by atoms with Crippen LogP contribution in [-0.2, 0) is 10.0 Å². The molecule has 0 saturated carbocycles. The van der Waals surface area contributed by atoms with Gasteiger partial charge < -0.3 is 5.32 Å². The predicted octanol–water partition coefficient (Wildman–Crippen LogP) is 3.82. The fourth-order valence-electron chi connectivity index (χ4n) is 1.64. The standard InChI is InChI=1S/C13H12Br2N2O3S2/c1-2-16-22(19,20)9-5-3-8(4-6-9)17-13(18)11-7-10(14)12(15)21-11/h3-7,16H,2H2,1H3,(H,17,18). The lowest BCUT2D eigenvalue weighted by Gasteiger charge is -2.07. The molecule has 0 unspecified atom stereocenters. The van der Waals surface area contributed by atoms with Gasteiger partial charge in [-0.1, -0.05) is 6.92 Å². The fourth-order valence-corrected chi connectivity index (χ4v) is 4.61. The molecule has 0 spiro atoms. The molecule has 9 heteroatoms. The van der Waals surface area contributed by atoms with Crippen molar-refractivity contribution in [1.82, 2.24) is 4.72 Å². The Morgan fingerprint density at radius 3 is 2.36 bits per heavy atom. The molecule has 1 aromatic carbocycles. The highest BCUT2D eigenvalue weighted by Crippen LogP contribution is 2.32. The summed E-state index contributed by atoms with van der Waals surface area (Å²) >= 11 is 7.97. The molecule has 1 heterocycles. The maximum atomic E-state index is 12.1. The van der Waals surface area contributed by atoms with Crippen molar-refractivity contribution >= 4 is 64.8 Å². The van der Waals surface area contributed by atoms with Crippen molar-refractivity contribution in [2.24, 2.45) is 0 Å². The second kappa shape index (κ2) is 7.22. The van der Waals surface area contributed by atoms with Crippen LogP contribution in [0.3, 0.4) is 0 Å². The van der Waals surface area contributed by atoms with Gasteiger partial charge in [-0.3, -0.25) is 4.79 Å². The predicted molar refractivity (Wildman–Crippen MR) is 95.0 cm³/mol. The topological polar surface area (TPSA) is 75.3 Å². The van der Waals surface area contributed by atoms with Crippen LogP contribution in [0.2, 0.25) is 0 Å². The summed E-state index contributed by atoms with van der Waals surface area (Å²) in [6.45, 7) is 2.03. The third kappa shape index (κ3) is 4.17. The molecule has 5 nitrogen and oxygen atoms in total. The number of hydrogen-bond donors (Lipinski definition) is 2. The number of rotatable bonds is 5. The van der Waals surface area contributed by atoms with E-state index < -0.39 is 10.0 Å². The summed E-state index contributed by atoms with van der Waals surface area (Å²) in [5.74, 6) is -0.251. The fraction of sp³-hybridized carbons (Fsp3) is 0.154. The highest BCUT2D eigenvalue weighted by atomic mass is 79.9. The van der Waals surface area contributed by atoms with E-state index in [9.17, 15) is 13.2 Å². The highest BCUT2D eigenvalue weighted by molar-refractivity contribution is 9.13. The smallest absolute Gasteiger partial charge is 0.265 e. The lowest BCUT2D eigenvalue weighted by atomic mass is 10.3. The molecule has 22 heavy (non-hydrogen) atoms. The molecule has 0 fully saturated rings. The van der Waals surface area contributed by atoms with Gasteiger partial charge in [0.2, 0.25) is 10.0 Å². The van der Waals surface area contributed by atoms with Crippen LogP contribution in [0.1, 0.15) is 16.6 Å². The number of nitrogens with one attached hydrogen (secondary N) is 2. The van der Waals surface area contributed by atoms with Crippen molar-refractivity contribution in [2.75, 3.05) is 11.9 Å². The van der Waals surface area contributed by atoms with Crippen LogP contribution in [0.5, 0.6) is 0 Å². The van der Waals surface area contributed by atoms with Gasteiger partial charge in [-0.2, -0.15) is 0 Å². The first-order valence-electron chi connectivity index (χ1n) is 6.19. The van der Waals surface area contributed by atoms with E-state index in [1.165, 1.54) is 23.5 Å². The monoisotopic (exact) mass is 466 g/mol. The molecule has 2 rings (SSSR count). The number of hydrogen-bond acceptors (Lipinski definition) is 4. The number of anilines is 1. The normalized spacial score (nSPS) is 11.4. The number of carbonyl (C=O) groups excluding carboxylic acids is 1. The summed E-state index contributed by atoms with van der Waals surface area (Å²) in [4.78, 5) is 12.8. The van der Waals surface area contributed by atoms with E-state index in [-0.39, 0.29) is 10.8 Å². The van der Waals surface area contributed by atoms with Gasteiger partial charge in [-0.25, -0.2) is 13.1 Å². The maximum Gasteiger partial charge on any atom is 0.265 e. The molecule has 0 bridgehead atoms. The average molecular weight is 468 g/mol. The minimum Gasteiger partial charge on any atom is -0.321 e. The summed E-state index contributed by atoms with van der Waals surface area (Å²) in [6.07, 6.45) is 0. The van der Waals surface area contributed by atoms with Crippen LogP contribution in [0.15, 0.2) is 43.5 Å². The summed E-state index contributed by atoms with van der Waals surface area (Å²) in [5.41, 5.74) is 0.529. The Hall–Kier alpha value is -0.740. The number of thiophene rings is 1. The van der Waals surface area contributed by atoms with Gasteiger partial charge in [-0.05, 0) is 62.2 Å². The van der Waals surface area contributed by atoms with E-state index in [1.54, 1.807) is 25.1 Å². The van der Waals surface area contributed by atoms with Crippen LogP contribution in [0.25, 0.3) is 0 Å². The van der Waals surface area contributed by atoms with Crippen LogP contribution in [0, 0.1) is 0 Å². The third-order valence-electron chi connectivity index (χ3n) is 2.63. The Morgan fingerprint density at radius 2 is 1.86 bits per heavy atom. The van der Waals surface area contributed by atoms with Crippen LogP contribution >= 0.6 is 43.2 Å². The Bertz CT molecular complexity index is 767. The molecule has 2 N–H and O–H groups in total. The number of sulfonamides is 1. The molecular weight excluding hydrogens is 456 g/mol. The molecular formula is C13H12Br2N2O3S2. The molecule has 1 amide bonds. The van der Waals surface area contributed by atoms with Crippen molar-refractivity contribution < 1.29 is 13.2 Å². The van der Waals surface area contributed by atoms with Crippen molar-refractivity contribution in [1.29, 1.82) is 0 Å². The van der Waals surface area contributed by atoms with Crippen LogP contribution in [0.4, 0.5) is 5.69 Å². The van der Waals surface area contributed by atoms with Gasteiger partial charge in [0, 0.05) is 16.7 Å². The summed E-state index contributed by atoms with van der Waals surface area (Å²) in [6, 6.07) is 7.73. The largest absolute Gasteiger partial charge is 0.321 e. The van der Waals surface area contributed by atoms with Crippen molar-refractivity contribution in [3.63, 3.8) is 0 Å². The Morgan fingerprint density at radius 1 is 1.23 bits per heavy atom. The zero-order valence-corrected chi connectivity index (χ0v) is 16.2. The van der Waals surface area contributed by atoms with E-state index in [1.807, 2.05) is 0 Å². The van der Waals surface area contributed by atoms with Gasteiger partial charge in [0.15, 0.2) is 0 Å². The average Bonchev–Trinajstić information content (AvgIpc) is 2.79. The number of amides is 1. The molecule has 0 radical (unpaired) electrons. The van der Waals surface area contributed by atoms with Crippen LogP contribution in [-0.4, -0.2) is 20.9 Å². The Balaban J connectivity index is 2.13. The zero-order chi connectivity index (χ0) is 16.3. The minimum absolute atomic E-state index is 0.161. The lowest BCUT2D eigenvalue weighted by Crippen LogP contribution is -2.23. The molecule has 0 atom stereocenters. The second-order valence-corrected chi connectivity index (χ2v) is 9.20. The van der Waals surface area contributed by atoms with E-state index in [0.29, 0.717) is 17.1 Å². The molecule has 0 aliphatic carbocycles. The minimum atomic E-state index is -3.48. The molecule has 0 aliphatic heterocycles. The number of carbonyl (C=O) groups is 1. The molecule has 2 aromatic rings. The summed E-state index contributed by atoms with van der Waals surface area (Å²) in [7, 11) is -3.48. The van der Waals surface area contributed by atoms with E-state index in [0.717, 1.165) is 8.26 Å². The van der Waals surface area contributed by atoms with Crippen LogP contribution < -0.4 is 10.0 Å². The first kappa shape index (κ1) is 17.6. The third-order valence-corrected chi connectivity index (χ3v) is 7.44. The van der Waals surface area contributed by atoms with Gasteiger partial charge in [0.25, 0.3) is 5.91 Å². The van der Waals surface area contributed by atoms with Crippen molar-refractivity contribution in [2.45, 2.75) is 11.8 Å². The molecule has 1 aromatic heterocycles. The quantitative estimate of drug-likeness (QED) is 0.701. The SMILES string of the molecule is CCNS(=O)(=O)c1ccc(NC(=O)c2cc(Br)c(Br)s2)cc1. The van der Waals surface area contributed by atoms with Gasteiger partial charge >= 0.3 is 0 Å². The summed E-state index contributed by atoms with van der Waals surface area (Å²) < 4.78 is 27.7. The number of benzene rings is 1. The second-order valence-electron chi connectivity index (χ2n) is 4.21. The Kier molecular flexibility index (Phi) is 5.78. The van der Waals surface area contributed by atoms with Crippen molar-refractivity contribution in [3.05, 3.63) is 43.5 Å². The Labute approximate surface area is 149 Å². The van der Waals surface area contributed by atoms with Gasteiger partial charge in [0.05, 0.1) is 13.6 Å². The lowest BCUT2D eigenvalue weighted by molar-refractivity contribution is 0.103. The number of halogens is 2.